The van der Waals surface area contributed by atoms with Crippen LogP contribution >= 0.6 is 0 Å². The van der Waals surface area contributed by atoms with E-state index in [1.165, 1.54) is 36.4 Å². The van der Waals surface area contributed by atoms with Gasteiger partial charge in [-0.05, 0) is 50.3 Å². The van der Waals surface area contributed by atoms with Crippen LogP contribution in [0.3, 0.4) is 0 Å². The number of benzene rings is 2. The first-order valence-electron chi connectivity index (χ1n) is 12.6. The molecule has 3 N–H and O–H groups in total. The van der Waals surface area contributed by atoms with Crippen LogP contribution in [0.1, 0.15) is 40.4 Å². The number of aryl methyl sites for hydroxylation is 2. The first-order chi connectivity index (χ1) is 19.0. The first kappa shape index (κ1) is 26.4. The minimum Gasteiger partial charge on any atom is -0.506 e. The lowest BCUT2D eigenvalue weighted by Gasteiger charge is -2.21. The van der Waals surface area contributed by atoms with Gasteiger partial charge in [-0.15, -0.1) is 0 Å². The molecule has 3 aromatic rings. The quantitative estimate of drug-likeness (QED) is 0.243. The molecule has 0 spiro atoms. The fraction of sp³-hybridized carbons (Fsp3) is 0.207. The molecule has 0 radical (unpaired) electrons. The third-order valence-corrected chi connectivity index (χ3v) is 7.37. The highest BCUT2D eigenvalue weighted by Gasteiger charge is 2.39. The molecule has 1 aromatic heterocycles. The number of allylic oxidation sites excluding steroid dienone is 3. The van der Waals surface area contributed by atoms with Crippen molar-refractivity contribution in [2.24, 2.45) is 7.05 Å². The lowest BCUT2D eigenvalue weighted by atomic mass is 10.1. The molecule has 0 atom stereocenters. The van der Waals surface area contributed by atoms with Gasteiger partial charge in [0.1, 0.15) is 11.6 Å². The van der Waals surface area contributed by atoms with Crippen molar-refractivity contribution < 1.29 is 39.1 Å². The maximum Gasteiger partial charge on any atom is 0.335 e. The third kappa shape index (κ3) is 3.85. The van der Waals surface area contributed by atoms with Crippen LogP contribution < -0.4 is 14.4 Å². The largest absolute Gasteiger partial charge is 0.506 e. The number of carboxylic acids is 2. The number of aromatic carboxylic acids is 2. The predicted octanol–water partition coefficient (Wildman–Crippen LogP) is 3.05. The van der Waals surface area contributed by atoms with E-state index < -0.39 is 29.3 Å². The number of carboxylic acid groups (broad SMARTS) is 2. The van der Waals surface area contributed by atoms with Gasteiger partial charge in [0.05, 0.1) is 47.2 Å². The zero-order valence-corrected chi connectivity index (χ0v) is 22.3. The average molecular weight is 544 g/mol. The van der Waals surface area contributed by atoms with E-state index in [0.29, 0.717) is 35.9 Å². The van der Waals surface area contributed by atoms with Crippen LogP contribution in [0.2, 0.25) is 0 Å². The Bertz CT molecular complexity index is 1760. The number of anilines is 2. The van der Waals surface area contributed by atoms with E-state index in [9.17, 15) is 34.5 Å². The molecule has 0 fully saturated rings. The Kier molecular flexibility index (Phi) is 6.29. The predicted molar refractivity (Wildman–Crippen MR) is 146 cm³/mol. The molecule has 2 aromatic carbocycles. The Hall–Kier alpha value is -5.19. The van der Waals surface area contributed by atoms with Crippen molar-refractivity contribution in [3.05, 3.63) is 82.2 Å². The Labute approximate surface area is 228 Å². The highest BCUT2D eigenvalue weighted by molar-refractivity contribution is 6.54. The van der Waals surface area contributed by atoms with E-state index in [1.54, 1.807) is 35.7 Å². The van der Waals surface area contributed by atoms with Crippen molar-refractivity contribution in [3.63, 3.8) is 0 Å². The molecular formula is C29H27N4O7+. The Morgan fingerprint density at radius 3 is 2.17 bits per heavy atom. The van der Waals surface area contributed by atoms with Crippen LogP contribution in [0.25, 0.3) is 17.1 Å². The van der Waals surface area contributed by atoms with E-state index >= 15 is 0 Å². The maximum absolute atomic E-state index is 13.1. The van der Waals surface area contributed by atoms with Gasteiger partial charge in [0, 0.05) is 25.7 Å². The molecule has 11 nitrogen and oxygen atoms in total. The summed E-state index contributed by atoms with van der Waals surface area (Å²) in [6.45, 7) is 4.75. The van der Waals surface area contributed by atoms with Crippen molar-refractivity contribution in [1.82, 2.24) is 4.57 Å². The molecule has 2 heterocycles. The Balaban J connectivity index is 1.63. The van der Waals surface area contributed by atoms with Crippen molar-refractivity contribution in [1.29, 1.82) is 0 Å². The lowest BCUT2D eigenvalue weighted by Crippen LogP contribution is -2.35. The highest BCUT2D eigenvalue weighted by Crippen LogP contribution is 2.42. The van der Waals surface area contributed by atoms with Gasteiger partial charge in [-0.3, -0.25) is 9.59 Å². The van der Waals surface area contributed by atoms with E-state index in [-0.39, 0.29) is 22.3 Å². The minimum absolute atomic E-state index is 0.108. The number of fused-ring (bicyclic) bond motifs is 2. The van der Waals surface area contributed by atoms with Gasteiger partial charge in [-0.2, -0.15) is 0 Å². The molecule has 40 heavy (non-hydrogen) atoms. The molecule has 11 heteroatoms. The number of hydrogen-bond acceptors (Lipinski definition) is 7. The van der Waals surface area contributed by atoms with Gasteiger partial charge in [0.25, 0.3) is 5.82 Å². The normalized spacial score (nSPS) is 17.2. The summed E-state index contributed by atoms with van der Waals surface area (Å²) in [4.78, 5) is 52.8. The zero-order valence-electron chi connectivity index (χ0n) is 22.3. The zero-order chi connectivity index (χ0) is 29.0. The second-order valence-corrected chi connectivity index (χ2v) is 9.46. The average Bonchev–Trinajstić information content (AvgIpc) is 3.44. The molecule has 1 aliphatic carbocycles. The number of carbonyl (C=O) groups is 4. The van der Waals surface area contributed by atoms with Gasteiger partial charge in [-0.1, -0.05) is 0 Å². The monoisotopic (exact) mass is 543 g/mol. The smallest absolute Gasteiger partial charge is 0.335 e. The molecule has 2 aliphatic rings. The Morgan fingerprint density at radius 2 is 1.55 bits per heavy atom. The van der Waals surface area contributed by atoms with Crippen molar-refractivity contribution >= 4 is 52.0 Å². The topological polar surface area (TPSA) is 144 Å². The van der Waals surface area contributed by atoms with E-state index in [4.69, 9.17) is 0 Å². The van der Waals surface area contributed by atoms with Crippen LogP contribution in [0.5, 0.6) is 0 Å². The minimum atomic E-state index is -1.07. The second-order valence-electron chi connectivity index (χ2n) is 9.46. The van der Waals surface area contributed by atoms with Crippen molar-refractivity contribution in [3.8, 4) is 0 Å². The first-order valence-corrected chi connectivity index (χ1v) is 12.6. The summed E-state index contributed by atoms with van der Waals surface area (Å²) >= 11 is 0. The summed E-state index contributed by atoms with van der Waals surface area (Å²) in [6, 6.07) is 9.41. The summed E-state index contributed by atoms with van der Waals surface area (Å²) in [5, 5.41) is 30.0. The van der Waals surface area contributed by atoms with Gasteiger partial charge in [0.15, 0.2) is 11.0 Å². The van der Waals surface area contributed by atoms with Crippen molar-refractivity contribution in [2.45, 2.75) is 20.4 Å². The summed E-state index contributed by atoms with van der Waals surface area (Å²) < 4.78 is 3.57. The number of ketones is 2. The number of hydrogen-bond donors (Lipinski definition) is 3. The summed E-state index contributed by atoms with van der Waals surface area (Å²) in [5.41, 5.74) is 2.56. The van der Waals surface area contributed by atoms with E-state index in [1.807, 2.05) is 23.3 Å². The lowest BCUT2D eigenvalue weighted by molar-refractivity contribution is -0.670. The van der Waals surface area contributed by atoms with Crippen LogP contribution in [-0.4, -0.2) is 57.0 Å². The number of aromatic nitrogens is 2. The van der Waals surface area contributed by atoms with Gasteiger partial charge in [-0.25, -0.2) is 18.7 Å². The number of imidazole rings is 1. The fourth-order valence-corrected chi connectivity index (χ4v) is 5.31. The van der Waals surface area contributed by atoms with E-state index in [2.05, 4.69) is 0 Å². The molecular weight excluding hydrogens is 516 g/mol. The molecule has 0 saturated carbocycles. The molecule has 1 aliphatic heterocycles. The number of rotatable bonds is 6. The van der Waals surface area contributed by atoms with Crippen LogP contribution in [-0.2, 0) is 23.2 Å². The molecule has 0 amide bonds. The maximum atomic E-state index is 13.1. The molecule has 0 saturated heterocycles. The van der Waals surface area contributed by atoms with Crippen LogP contribution in [0.4, 0.5) is 11.4 Å². The SMILES string of the molecule is CCN1/C(=C/C2=C(O)C(=C/c3n(C)c4cc(C(=O)O)ccc4[n+]3CC)/C(=O)C2=O)N(C)c2cc(C(=O)O)ccc21. The van der Waals surface area contributed by atoms with Crippen molar-refractivity contribution in [2.75, 3.05) is 23.4 Å². The summed E-state index contributed by atoms with van der Waals surface area (Å²) in [7, 11) is 3.43. The molecule has 5 rings (SSSR count). The third-order valence-electron chi connectivity index (χ3n) is 7.37. The molecule has 0 bridgehead atoms. The number of Topliss-reactive ketones (excluding diaryl/α,β-unsaturated/α-hetero) is 2. The number of aliphatic hydroxyl groups is 1. The standard InChI is InChI=1S/C29H26N4O7/c1-5-32-19-9-7-15(28(37)38)11-21(19)30(3)23(32)13-17-25(34)18(27(36)26(17)35)14-24-31(4)22-12-16(29(39)40)8-10-20(22)33(24)6-2/h7-14H,5-6H2,1-4H3,(H2-,34,35,36,37,38,39,40)/p+1. The number of carbonyl (C=O) groups excluding carboxylic acids is 2. The van der Waals surface area contributed by atoms with Gasteiger partial charge in [0.2, 0.25) is 11.6 Å². The summed E-state index contributed by atoms with van der Waals surface area (Å²) in [5.74, 6) is -3.33. The molecule has 0 unspecified atom stereocenters. The number of nitrogens with zero attached hydrogens (tertiary/aromatic N) is 4. The Morgan fingerprint density at radius 1 is 0.900 bits per heavy atom. The number of aliphatic hydroxyl groups excluding tert-OH is 1. The second kappa shape index (κ2) is 9.53. The van der Waals surface area contributed by atoms with Crippen LogP contribution in [0, 0.1) is 0 Å². The van der Waals surface area contributed by atoms with Gasteiger partial charge >= 0.3 is 11.9 Å². The summed E-state index contributed by atoms with van der Waals surface area (Å²) in [6.07, 6.45) is 2.88. The van der Waals surface area contributed by atoms with Crippen LogP contribution in [0.15, 0.2) is 65.2 Å². The fourth-order valence-electron chi connectivity index (χ4n) is 5.31. The molecule has 204 valence electrons. The van der Waals surface area contributed by atoms with Gasteiger partial charge < -0.3 is 25.1 Å². The van der Waals surface area contributed by atoms with E-state index in [0.717, 1.165) is 11.2 Å². The highest BCUT2D eigenvalue weighted by atomic mass is 16.4.